The van der Waals surface area contributed by atoms with E-state index in [9.17, 15) is 8.78 Å². The summed E-state index contributed by atoms with van der Waals surface area (Å²) in [6, 6.07) is 9.82. The second-order valence-corrected chi connectivity index (χ2v) is 4.34. The molecule has 0 aliphatic rings. The topological polar surface area (TPSA) is 0 Å². The lowest BCUT2D eigenvalue weighted by molar-refractivity contribution is 0.574. The SMILES string of the molecule is Cc1ccc(C)c(Cc2ccc(F)cc2F)c1. The lowest BCUT2D eigenvalue weighted by atomic mass is 9.98. The average Bonchev–Trinajstić information content (AvgIpc) is 2.27. The molecule has 0 unspecified atom stereocenters. The van der Waals surface area contributed by atoms with Gasteiger partial charge in [-0.2, -0.15) is 0 Å². The molecule has 0 aliphatic heterocycles. The molecule has 0 saturated carbocycles. The number of hydrogen-bond acceptors (Lipinski definition) is 0. The summed E-state index contributed by atoms with van der Waals surface area (Å²) in [5, 5.41) is 0. The maximum absolute atomic E-state index is 13.5. The van der Waals surface area contributed by atoms with Crippen LogP contribution >= 0.6 is 0 Å². The number of halogens is 2. The van der Waals surface area contributed by atoms with Gasteiger partial charge in [0.05, 0.1) is 0 Å². The lowest BCUT2D eigenvalue weighted by Gasteiger charge is -2.08. The lowest BCUT2D eigenvalue weighted by Crippen LogP contribution is -1.96. The van der Waals surface area contributed by atoms with Crippen LogP contribution in [-0.4, -0.2) is 0 Å². The molecule has 0 fully saturated rings. The molecule has 2 aromatic rings. The molecule has 0 radical (unpaired) electrons. The first-order chi connectivity index (χ1) is 8.06. The minimum atomic E-state index is -0.535. The van der Waals surface area contributed by atoms with Crippen LogP contribution in [0.1, 0.15) is 22.3 Å². The van der Waals surface area contributed by atoms with Crippen molar-refractivity contribution in [2.45, 2.75) is 20.3 Å². The Hall–Kier alpha value is -1.70. The van der Waals surface area contributed by atoms with Crippen LogP contribution in [0.25, 0.3) is 0 Å². The minimum absolute atomic E-state index is 0.481. The fourth-order valence-electron chi connectivity index (χ4n) is 1.86. The van der Waals surface area contributed by atoms with E-state index in [2.05, 4.69) is 0 Å². The van der Waals surface area contributed by atoms with Crippen LogP contribution in [0.2, 0.25) is 0 Å². The summed E-state index contributed by atoms with van der Waals surface area (Å²) in [4.78, 5) is 0. The Morgan fingerprint density at radius 1 is 0.882 bits per heavy atom. The van der Waals surface area contributed by atoms with E-state index in [0.29, 0.717) is 12.0 Å². The molecule has 0 aliphatic carbocycles. The zero-order chi connectivity index (χ0) is 12.4. The molecule has 0 nitrogen and oxygen atoms in total. The third kappa shape index (κ3) is 2.70. The van der Waals surface area contributed by atoms with Crippen LogP contribution in [0.3, 0.4) is 0 Å². The highest BCUT2D eigenvalue weighted by Gasteiger charge is 2.06. The van der Waals surface area contributed by atoms with Gasteiger partial charge in [0.15, 0.2) is 0 Å². The molecule has 0 saturated heterocycles. The zero-order valence-electron chi connectivity index (χ0n) is 9.93. The van der Waals surface area contributed by atoms with Crippen molar-refractivity contribution in [1.29, 1.82) is 0 Å². The molecule has 0 heterocycles. The van der Waals surface area contributed by atoms with Crippen molar-refractivity contribution in [3.05, 3.63) is 70.3 Å². The fourth-order valence-corrected chi connectivity index (χ4v) is 1.86. The van der Waals surface area contributed by atoms with Gasteiger partial charge in [-0.05, 0) is 36.6 Å². The van der Waals surface area contributed by atoms with Crippen molar-refractivity contribution in [1.82, 2.24) is 0 Å². The van der Waals surface area contributed by atoms with E-state index >= 15 is 0 Å². The number of aryl methyl sites for hydroxylation is 2. The summed E-state index contributed by atoms with van der Waals surface area (Å²) in [5.74, 6) is -1.02. The number of hydrogen-bond donors (Lipinski definition) is 0. The van der Waals surface area contributed by atoms with Gasteiger partial charge in [-0.3, -0.25) is 0 Å². The standard InChI is InChI=1S/C15H14F2/c1-10-3-4-11(2)13(7-10)8-12-5-6-14(16)9-15(12)17/h3-7,9H,8H2,1-2H3. The Kier molecular flexibility index (Phi) is 3.23. The summed E-state index contributed by atoms with van der Waals surface area (Å²) >= 11 is 0. The van der Waals surface area contributed by atoms with E-state index in [-0.39, 0.29) is 0 Å². The van der Waals surface area contributed by atoms with Gasteiger partial charge in [-0.15, -0.1) is 0 Å². The Morgan fingerprint density at radius 3 is 2.35 bits per heavy atom. The van der Waals surface area contributed by atoms with Crippen LogP contribution in [-0.2, 0) is 6.42 Å². The Bertz CT molecular complexity index is 545. The van der Waals surface area contributed by atoms with Gasteiger partial charge in [0.1, 0.15) is 11.6 Å². The second-order valence-electron chi connectivity index (χ2n) is 4.34. The van der Waals surface area contributed by atoms with Crippen molar-refractivity contribution < 1.29 is 8.78 Å². The second kappa shape index (κ2) is 4.66. The van der Waals surface area contributed by atoms with Crippen LogP contribution in [0, 0.1) is 25.5 Å². The van der Waals surface area contributed by atoms with E-state index in [1.54, 1.807) is 0 Å². The summed E-state index contributed by atoms with van der Waals surface area (Å²) in [7, 11) is 0. The summed E-state index contributed by atoms with van der Waals surface area (Å²) in [6.45, 7) is 4.00. The molecule has 0 aromatic heterocycles. The van der Waals surface area contributed by atoms with Crippen molar-refractivity contribution in [2.75, 3.05) is 0 Å². The first kappa shape index (κ1) is 11.8. The molecule has 2 rings (SSSR count). The third-order valence-electron chi connectivity index (χ3n) is 2.90. The van der Waals surface area contributed by atoms with E-state index < -0.39 is 11.6 Å². The van der Waals surface area contributed by atoms with Crippen molar-refractivity contribution in [2.24, 2.45) is 0 Å². The van der Waals surface area contributed by atoms with Gasteiger partial charge in [0.2, 0.25) is 0 Å². The number of benzene rings is 2. The van der Waals surface area contributed by atoms with E-state index in [0.717, 1.165) is 22.8 Å². The van der Waals surface area contributed by atoms with Crippen LogP contribution in [0.4, 0.5) is 8.78 Å². The van der Waals surface area contributed by atoms with Crippen LogP contribution in [0.5, 0.6) is 0 Å². The molecule has 2 aromatic carbocycles. The molecule has 0 atom stereocenters. The first-order valence-corrected chi connectivity index (χ1v) is 5.56. The highest BCUT2D eigenvalue weighted by Crippen LogP contribution is 2.18. The smallest absolute Gasteiger partial charge is 0.129 e. The van der Waals surface area contributed by atoms with Gasteiger partial charge < -0.3 is 0 Å². The Labute approximate surface area is 99.9 Å². The van der Waals surface area contributed by atoms with E-state index in [1.165, 1.54) is 12.1 Å². The summed E-state index contributed by atoms with van der Waals surface area (Å²) in [6.07, 6.45) is 0.500. The van der Waals surface area contributed by atoms with E-state index in [1.807, 2.05) is 32.0 Å². The van der Waals surface area contributed by atoms with Crippen molar-refractivity contribution >= 4 is 0 Å². The predicted octanol–water partition coefficient (Wildman–Crippen LogP) is 4.17. The third-order valence-corrected chi connectivity index (χ3v) is 2.90. The van der Waals surface area contributed by atoms with Gasteiger partial charge in [-0.25, -0.2) is 8.78 Å². The molecule has 0 bridgehead atoms. The molecule has 0 spiro atoms. The zero-order valence-corrected chi connectivity index (χ0v) is 9.93. The summed E-state index contributed by atoms with van der Waals surface area (Å²) in [5.41, 5.74) is 3.88. The highest BCUT2D eigenvalue weighted by molar-refractivity contribution is 5.35. The molecule has 88 valence electrons. The molecule has 17 heavy (non-hydrogen) atoms. The maximum Gasteiger partial charge on any atom is 0.129 e. The Morgan fingerprint density at radius 2 is 1.65 bits per heavy atom. The first-order valence-electron chi connectivity index (χ1n) is 5.56. The van der Waals surface area contributed by atoms with Crippen molar-refractivity contribution in [3.63, 3.8) is 0 Å². The van der Waals surface area contributed by atoms with Crippen LogP contribution < -0.4 is 0 Å². The summed E-state index contributed by atoms with van der Waals surface area (Å²) < 4.78 is 26.3. The predicted molar refractivity (Wildman–Crippen MR) is 65.1 cm³/mol. The largest absolute Gasteiger partial charge is 0.207 e. The van der Waals surface area contributed by atoms with Crippen molar-refractivity contribution in [3.8, 4) is 0 Å². The monoisotopic (exact) mass is 232 g/mol. The molecular formula is C15H14F2. The van der Waals surface area contributed by atoms with Gasteiger partial charge in [-0.1, -0.05) is 29.8 Å². The quantitative estimate of drug-likeness (QED) is 0.729. The van der Waals surface area contributed by atoms with Gasteiger partial charge in [0.25, 0.3) is 0 Å². The van der Waals surface area contributed by atoms with Gasteiger partial charge >= 0.3 is 0 Å². The Balaban J connectivity index is 2.34. The normalized spacial score (nSPS) is 10.6. The molecular weight excluding hydrogens is 218 g/mol. The molecule has 2 heteroatoms. The number of rotatable bonds is 2. The minimum Gasteiger partial charge on any atom is -0.207 e. The molecule has 0 amide bonds. The fraction of sp³-hybridized carbons (Fsp3) is 0.200. The molecule has 0 N–H and O–H groups in total. The van der Waals surface area contributed by atoms with E-state index in [4.69, 9.17) is 0 Å². The van der Waals surface area contributed by atoms with Crippen LogP contribution in [0.15, 0.2) is 36.4 Å². The maximum atomic E-state index is 13.5. The highest BCUT2D eigenvalue weighted by atomic mass is 19.1. The average molecular weight is 232 g/mol. The van der Waals surface area contributed by atoms with Gasteiger partial charge in [0, 0.05) is 12.5 Å².